The van der Waals surface area contributed by atoms with E-state index in [-0.39, 0.29) is 6.10 Å². The molecule has 2 atom stereocenters. The van der Waals surface area contributed by atoms with Crippen LogP contribution in [0.1, 0.15) is 18.4 Å². The van der Waals surface area contributed by atoms with Crippen LogP contribution in [0.25, 0.3) is 0 Å². The topological polar surface area (TPSA) is 41.9 Å². The van der Waals surface area contributed by atoms with E-state index >= 15 is 0 Å². The maximum Gasteiger partial charge on any atom is 0.119 e. The summed E-state index contributed by atoms with van der Waals surface area (Å²) in [7, 11) is 0. The first-order valence-corrected chi connectivity index (χ1v) is 9.03. The SMILES string of the molecule is O[C@@H](COc1ccccc1)CN(Cc1ccccc1)C[C@H]1CCCO1. The molecule has 1 aliphatic rings. The summed E-state index contributed by atoms with van der Waals surface area (Å²) in [4.78, 5) is 2.27. The quantitative estimate of drug-likeness (QED) is 0.761. The highest BCUT2D eigenvalue weighted by Gasteiger charge is 2.21. The predicted octanol–water partition coefficient (Wildman–Crippen LogP) is 3.11. The lowest BCUT2D eigenvalue weighted by atomic mass is 10.1. The Morgan fingerprint density at radius 2 is 1.80 bits per heavy atom. The van der Waals surface area contributed by atoms with E-state index in [1.165, 1.54) is 5.56 Å². The molecule has 134 valence electrons. The molecule has 4 heteroatoms. The van der Waals surface area contributed by atoms with Gasteiger partial charge in [-0.1, -0.05) is 48.5 Å². The van der Waals surface area contributed by atoms with Crippen molar-refractivity contribution in [1.82, 2.24) is 4.90 Å². The van der Waals surface area contributed by atoms with Gasteiger partial charge in [-0.05, 0) is 30.5 Å². The van der Waals surface area contributed by atoms with Gasteiger partial charge >= 0.3 is 0 Å². The summed E-state index contributed by atoms with van der Waals surface area (Å²) < 4.78 is 11.5. The highest BCUT2D eigenvalue weighted by atomic mass is 16.5. The first kappa shape index (κ1) is 17.9. The maximum absolute atomic E-state index is 10.4. The van der Waals surface area contributed by atoms with Gasteiger partial charge < -0.3 is 14.6 Å². The smallest absolute Gasteiger partial charge is 0.119 e. The van der Waals surface area contributed by atoms with Crippen LogP contribution in [0, 0.1) is 0 Å². The maximum atomic E-state index is 10.4. The van der Waals surface area contributed by atoms with Crippen molar-refractivity contribution in [2.45, 2.75) is 31.6 Å². The minimum absolute atomic E-state index is 0.269. The van der Waals surface area contributed by atoms with Crippen LogP contribution in [0.2, 0.25) is 0 Å². The Morgan fingerprint density at radius 3 is 2.48 bits per heavy atom. The van der Waals surface area contributed by atoms with Gasteiger partial charge in [0.25, 0.3) is 0 Å². The van der Waals surface area contributed by atoms with Crippen LogP contribution in [0.5, 0.6) is 5.75 Å². The fourth-order valence-electron chi connectivity index (χ4n) is 3.18. The van der Waals surface area contributed by atoms with Crippen LogP contribution in [-0.2, 0) is 11.3 Å². The lowest BCUT2D eigenvalue weighted by Crippen LogP contribution is -2.39. The summed E-state index contributed by atoms with van der Waals surface area (Å²) in [5.74, 6) is 0.787. The van der Waals surface area contributed by atoms with E-state index in [1.54, 1.807) is 0 Å². The van der Waals surface area contributed by atoms with Gasteiger partial charge in [0.15, 0.2) is 0 Å². The third-order valence-corrected chi connectivity index (χ3v) is 4.39. The number of hydrogen-bond donors (Lipinski definition) is 1. The average Bonchev–Trinajstić information content (AvgIpc) is 3.15. The summed E-state index contributed by atoms with van der Waals surface area (Å²) in [6, 6.07) is 20.0. The zero-order valence-electron chi connectivity index (χ0n) is 14.6. The number of aliphatic hydroxyl groups is 1. The lowest BCUT2D eigenvalue weighted by Gasteiger charge is -2.27. The van der Waals surface area contributed by atoms with E-state index in [0.29, 0.717) is 13.2 Å². The number of rotatable bonds is 9. The fourth-order valence-corrected chi connectivity index (χ4v) is 3.18. The highest BCUT2D eigenvalue weighted by molar-refractivity contribution is 5.21. The van der Waals surface area contributed by atoms with Gasteiger partial charge in [0.1, 0.15) is 18.5 Å². The van der Waals surface area contributed by atoms with Crippen molar-refractivity contribution in [3.05, 3.63) is 66.2 Å². The van der Waals surface area contributed by atoms with Crippen LogP contribution in [0.3, 0.4) is 0 Å². The van der Waals surface area contributed by atoms with Gasteiger partial charge in [-0.2, -0.15) is 0 Å². The Hall–Kier alpha value is -1.88. The van der Waals surface area contributed by atoms with E-state index < -0.39 is 6.10 Å². The summed E-state index contributed by atoms with van der Waals surface area (Å²) in [5.41, 5.74) is 1.25. The van der Waals surface area contributed by atoms with Gasteiger partial charge in [-0.15, -0.1) is 0 Å². The number of aliphatic hydroxyl groups excluding tert-OH is 1. The third-order valence-electron chi connectivity index (χ3n) is 4.39. The molecule has 0 aromatic heterocycles. The average molecular weight is 341 g/mol. The molecule has 0 aliphatic carbocycles. The molecule has 0 bridgehead atoms. The summed E-state index contributed by atoms with van der Waals surface area (Å²) in [6.07, 6.45) is 1.96. The predicted molar refractivity (Wildman–Crippen MR) is 98.6 cm³/mol. The molecule has 2 aromatic carbocycles. The van der Waals surface area contributed by atoms with Crippen LogP contribution in [0.15, 0.2) is 60.7 Å². The molecule has 1 saturated heterocycles. The summed E-state index contributed by atoms with van der Waals surface area (Å²) in [6.45, 7) is 3.37. The first-order chi connectivity index (χ1) is 12.3. The van der Waals surface area contributed by atoms with Crippen LogP contribution < -0.4 is 4.74 Å². The van der Waals surface area contributed by atoms with Crippen molar-refractivity contribution in [3.63, 3.8) is 0 Å². The molecular weight excluding hydrogens is 314 g/mol. The van der Waals surface area contributed by atoms with Crippen molar-refractivity contribution in [2.75, 3.05) is 26.3 Å². The first-order valence-electron chi connectivity index (χ1n) is 9.03. The Morgan fingerprint density at radius 1 is 1.08 bits per heavy atom. The zero-order chi connectivity index (χ0) is 17.3. The van der Waals surface area contributed by atoms with Crippen molar-refractivity contribution in [3.8, 4) is 5.75 Å². The molecular formula is C21H27NO3. The molecule has 1 heterocycles. The molecule has 1 fully saturated rings. The molecule has 0 saturated carbocycles. The molecule has 0 unspecified atom stereocenters. The Kier molecular flexibility index (Phi) is 6.86. The summed E-state index contributed by atoms with van der Waals surface area (Å²) in [5, 5.41) is 10.4. The van der Waals surface area contributed by atoms with Crippen molar-refractivity contribution >= 4 is 0 Å². The number of nitrogens with zero attached hydrogens (tertiary/aromatic N) is 1. The molecule has 2 aromatic rings. The van der Waals surface area contributed by atoms with E-state index in [1.807, 2.05) is 36.4 Å². The fraction of sp³-hybridized carbons (Fsp3) is 0.429. The van der Waals surface area contributed by atoms with Gasteiger partial charge in [-0.3, -0.25) is 4.90 Å². The zero-order valence-corrected chi connectivity index (χ0v) is 14.6. The highest BCUT2D eigenvalue weighted by Crippen LogP contribution is 2.16. The minimum Gasteiger partial charge on any atom is -0.491 e. The number of ether oxygens (including phenoxy) is 2. The third kappa shape index (κ3) is 6.16. The van der Waals surface area contributed by atoms with E-state index in [0.717, 1.165) is 38.3 Å². The van der Waals surface area contributed by atoms with Gasteiger partial charge in [0.2, 0.25) is 0 Å². The van der Waals surface area contributed by atoms with Gasteiger partial charge in [0, 0.05) is 26.2 Å². The summed E-state index contributed by atoms with van der Waals surface area (Å²) >= 11 is 0. The largest absolute Gasteiger partial charge is 0.491 e. The molecule has 1 N–H and O–H groups in total. The number of benzene rings is 2. The van der Waals surface area contributed by atoms with Crippen molar-refractivity contribution in [1.29, 1.82) is 0 Å². The van der Waals surface area contributed by atoms with E-state index in [2.05, 4.69) is 29.2 Å². The van der Waals surface area contributed by atoms with Gasteiger partial charge in [0.05, 0.1) is 6.10 Å². The second kappa shape index (κ2) is 9.56. The second-order valence-electron chi connectivity index (χ2n) is 6.59. The molecule has 0 radical (unpaired) electrons. The van der Waals surface area contributed by atoms with Crippen molar-refractivity contribution < 1.29 is 14.6 Å². The molecule has 25 heavy (non-hydrogen) atoms. The van der Waals surface area contributed by atoms with E-state index in [9.17, 15) is 5.11 Å². The Bertz CT molecular complexity index is 599. The molecule has 4 nitrogen and oxygen atoms in total. The normalized spacial score (nSPS) is 18.4. The van der Waals surface area contributed by atoms with Gasteiger partial charge in [-0.25, -0.2) is 0 Å². The van der Waals surface area contributed by atoms with Crippen LogP contribution >= 0.6 is 0 Å². The van der Waals surface area contributed by atoms with Crippen molar-refractivity contribution in [2.24, 2.45) is 0 Å². The number of hydrogen-bond acceptors (Lipinski definition) is 4. The lowest BCUT2D eigenvalue weighted by molar-refractivity contribution is 0.0313. The minimum atomic E-state index is -0.537. The Balaban J connectivity index is 1.53. The van der Waals surface area contributed by atoms with E-state index in [4.69, 9.17) is 9.47 Å². The molecule has 1 aliphatic heterocycles. The van der Waals surface area contributed by atoms with Crippen LogP contribution in [0.4, 0.5) is 0 Å². The molecule has 0 amide bonds. The standard InChI is InChI=1S/C21H27NO3/c23-19(17-25-20-10-5-2-6-11-20)15-22(16-21-12-7-13-24-21)14-18-8-3-1-4-9-18/h1-6,8-11,19,21,23H,7,12-17H2/t19-,21-/m1/s1. The molecule has 0 spiro atoms. The number of para-hydroxylation sites is 1. The Labute approximate surface area is 150 Å². The second-order valence-corrected chi connectivity index (χ2v) is 6.59. The monoisotopic (exact) mass is 341 g/mol. The van der Waals surface area contributed by atoms with Crippen LogP contribution in [-0.4, -0.2) is 48.5 Å². The molecule has 3 rings (SSSR count).